The van der Waals surface area contributed by atoms with Crippen LogP contribution in [0.1, 0.15) is 25.0 Å². The molecule has 0 spiro atoms. The molecular weight excluding hydrogens is 471 g/mol. The summed E-state index contributed by atoms with van der Waals surface area (Å²) in [5, 5.41) is 12.4. The van der Waals surface area contributed by atoms with Crippen molar-refractivity contribution in [1.82, 2.24) is 0 Å². The third kappa shape index (κ3) is 6.98. The Labute approximate surface area is 208 Å². The maximum Gasteiger partial charge on any atom is 0.266 e. The molecular formula is C27H24ClFN2O4. The third-order valence-corrected chi connectivity index (χ3v) is 5.04. The number of amides is 1. The molecule has 0 heterocycles. The van der Waals surface area contributed by atoms with Crippen LogP contribution in [-0.2, 0) is 11.4 Å². The van der Waals surface area contributed by atoms with Gasteiger partial charge in [0.1, 0.15) is 29.8 Å². The summed E-state index contributed by atoms with van der Waals surface area (Å²) in [6.07, 6.45) is 1.40. The normalized spacial score (nSPS) is 10.9. The Morgan fingerprint density at radius 3 is 2.43 bits per heavy atom. The van der Waals surface area contributed by atoms with E-state index in [2.05, 4.69) is 5.32 Å². The topological polar surface area (TPSA) is 80.6 Å². The molecule has 180 valence electrons. The summed E-state index contributed by atoms with van der Waals surface area (Å²) in [5.41, 5.74) is 1.23. The minimum Gasteiger partial charge on any atom is -0.494 e. The third-order valence-electron chi connectivity index (χ3n) is 4.76. The zero-order valence-electron chi connectivity index (χ0n) is 19.3. The van der Waals surface area contributed by atoms with Crippen LogP contribution in [0.5, 0.6) is 17.2 Å². The molecule has 8 heteroatoms. The first-order chi connectivity index (χ1) is 16.9. The Morgan fingerprint density at radius 2 is 1.77 bits per heavy atom. The number of rotatable bonds is 10. The van der Waals surface area contributed by atoms with Crippen molar-refractivity contribution < 1.29 is 23.4 Å². The van der Waals surface area contributed by atoms with Gasteiger partial charge in [0.2, 0.25) is 0 Å². The second-order valence-electron chi connectivity index (χ2n) is 7.22. The maximum atomic E-state index is 13.9. The lowest BCUT2D eigenvalue weighted by Crippen LogP contribution is -2.13. The van der Waals surface area contributed by atoms with Crippen LogP contribution in [-0.4, -0.2) is 19.1 Å². The van der Waals surface area contributed by atoms with Gasteiger partial charge in [-0.2, -0.15) is 5.26 Å². The molecule has 0 fully saturated rings. The van der Waals surface area contributed by atoms with E-state index < -0.39 is 11.7 Å². The Morgan fingerprint density at radius 1 is 1.06 bits per heavy atom. The number of halogens is 2. The van der Waals surface area contributed by atoms with E-state index in [1.165, 1.54) is 12.1 Å². The van der Waals surface area contributed by atoms with Crippen molar-refractivity contribution in [2.45, 2.75) is 20.5 Å². The van der Waals surface area contributed by atoms with Crippen molar-refractivity contribution in [3.63, 3.8) is 0 Å². The van der Waals surface area contributed by atoms with Gasteiger partial charge in [-0.1, -0.05) is 29.8 Å². The second-order valence-corrected chi connectivity index (χ2v) is 7.63. The molecule has 1 N–H and O–H groups in total. The fourth-order valence-electron chi connectivity index (χ4n) is 3.15. The zero-order chi connectivity index (χ0) is 25.2. The second kappa shape index (κ2) is 12.4. The van der Waals surface area contributed by atoms with Gasteiger partial charge in [0.15, 0.2) is 11.5 Å². The summed E-state index contributed by atoms with van der Waals surface area (Å²) in [6.45, 7) is 4.48. The number of nitrogens with one attached hydrogen (secondary N) is 1. The Hall–Kier alpha value is -4.02. The first-order valence-electron chi connectivity index (χ1n) is 10.9. The first-order valence-corrected chi connectivity index (χ1v) is 11.3. The minimum absolute atomic E-state index is 0.0460. The van der Waals surface area contributed by atoms with Crippen LogP contribution >= 0.6 is 11.6 Å². The highest BCUT2D eigenvalue weighted by Gasteiger charge is 2.16. The van der Waals surface area contributed by atoms with Gasteiger partial charge in [-0.05, 0) is 68.0 Å². The number of anilines is 1. The number of carbonyl (C=O) groups is 1. The lowest BCUT2D eigenvalue weighted by molar-refractivity contribution is -0.112. The van der Waals surface area contributed by atoms with Crippen LogP contribution in [0.25, 0.3) is 6.08 Å². The first kappa shape index (κ1) is 25.6. The van der Waals surface area contributed by atoms with Crippen LogP contribution < -0.4 is 19.5 Å². The molecule has 3 rings (SSSR count). The predicted octanol–water partition coefficient (Wildman–Crippen LogP) is 6.40. The van der Waals surface area contributed by atoms with Gasteiger partial charge in [-0.15, -0.1) is 0 Å². The fourth-order valence-corrected chi connectivity index (χ4v) is 3.43. The molecule has 35 heavy (non-hydrogen) atoms. The Balaban J connectivity index is 1.81. The number of carbonyl (C=O) groups excluding carboxylic acids is 1. The molecule has 0 atom stereocenters. The number of nitriles is 1. The van der Waals surface area contributed by atoms with E-state index in [1.54, 1.807) is 61.5 Å². The maximum absolute atomic E-state index is 13.9. The molecule has 3 aromatic carbocycles. The van der Waals surface area contributed by atoms with E-state index in [0.717, 1.165) is 0 Å². The van der Waals surface area contributed by atoms with Crippen molar-refractivity contribution in [2.24, 2.45) is 0 Å². The largest absolute Gasteiger partial charge is 0.494 e. The van der Waals surface area contributed by atoms with E-state index in [-0.39, 0.29) is 23.0 Å². The van der Waals surface area contributed by atoms with E-state index in [1.807, 2.05) is 13.0 Å². The van der Waals surface area contributed by atoms with Gasteiger partial charge >= 0.3 is 0 Å². The molecule has 3 aromatic rings. The van der Waals surface area contributed by atoms with Crippen molar-refractivity contribution >= 4 is 29.3 Å². The smallest absolute Gasteiger partial charge is 0.266 e. The number of hydrogen-bond donors (Lipinski definition) is 1. The Kier molecular flexibility index (Phi) is 9.10. The van der Waals surface area contributed by atoms with Gasteiger partial charge in [-0.25, -0.2) is 4.39 Å². The van der Waals surface area contributed by atoms with Crippen molar-refractivity contribution in [1.29, 1.82) is 5.26 Å². The monoisotopic (exact) mass is 494 g/mol. The highest BCUT2D eigenvalue weighted by atomic mass is 35.5. The molecule has 0 saturated heterocycles. The molecule has 0 aromatic heterocycles. The molecule has 6 nitrogen and oxygen atoms in total. The molecule has 0 bridgehead atoms. The molecule has 0 aliphatic rings. The number of nitrogens with zero attached hydrogens (tertiary/aromatic N) is 1. The Bertz CT molecular complexity index is 1250. The number of ether oxygens (including phenoxy) is 3. The van der Waals surface area contributed by atoms with Gasteiger partial charge in [0.25, 0.3) is 5.91 Å². The van der Waals surface area contributed by atoms with E-state index in [4.69, 9.17) is 25.8 Å². The van der Waals surface area contributed by atoms with Crippen molar-refractivity contribution in [2.75, 3.05) is 18.5 Å². The standard InChI is InChI=1S/C27H24ClFN2O4/c1-3-33-22-11-9-21(10-12-22)31-27(32)20(16-30)13-18-14-23(28)26(25(15-18)34-4-2)35-17-19-7-5-6-8-24(19)29/h5-15H,3-4,17H2,1-2H3,(H,31,32)/b20-13+. The summed E-state index contributed by atoms with van der Waals surface area (Å²) in [5.74, 6) is 0.263. The predicted molar refractivity (Wildman–Crippen MR) is 133 cm³/mol. The highest BCUT2D eigenvalue weighted by Crippen LogP contribution is 2.38. The fraction of sp³-hybridized carbons (Fsp3) is 0.185. The average molecular weight is 495 g/mol. The molecule has 0 aliphatic heterocycles. The zero-order valence-corrected chi connectivity index (χ0v) is 20.1. The molecule has 1 amide bonds. The van der Waals surface area contributed by atoms with E-state index >= 15 is 0 Å². The quantitative estimate of drug-likeness (QED) is 0.260. The van der Waals surface area contributed by atoms with Crippen LogP contribution in [0, 0.1) is 17.1 Å². The van der Waals surface area contributed by atoms with Crippen LogP contribution in [0.4, 0.5) is 10.1 Å². The molecule has 0 saturated carbocycles. The summed E-state index contributed by atoms with van der Waals surface area (Å²) in [4.78, 5) is 12.7. The summed E-state index contributed by atoms with van der Waals surface area (Å²) in [6, 6.07) is 18.1. The highest BCUT2D eigenvalue weighted by molar-refractivity contribution is 6.32. The SMILES string of the molecule is CCOc1ccc(NC(=O)/C(C#N)=C/c2cc(Cl)c(OCc3ccccc3F)c(OCC)c2)cc1. The summed E-state index contributed by atoms with van der Waals surface area (Å²) < 4.78 is 30.7. The average Bonchev–Trinajstić information content (AvgIpc) is 2.84. The molecule has 0 aliphatic carbocycles. The molecule has 0 radical (unpaired) electrons. The van der Waals surface area contributed by atoms with Crippen LogP contribution in [0.3, 0.4) is 0 Å². The lowest BCUT2D eigenvalue weighted by Gasteiger charge is -2.15. The number of benzene rings is 3. The lowest BCUT2D eigenvalue weighted by atomic mass is 10.1. The minimum atomic E-state index is -0.578. The summed E-state index contributed by atoms with van der Waals surface area (Å²) in [7, 11) is 0. The van der Waals surface area contributed by atoms with Crippen molar-refractivity contribution in [3.05, 3.63) is 88.2 Å². The van der Waals surface area contributed by atoms with Gasteiger partial charge in [0, 0.05) is 11.3 Å². The van der Waals surface area contributed by atoms with Gasteiger partial charge < -0.3 is 19.5 Å². The number of hydrogen-bond acceptors (Lipinski definition) is 5. The van der Waals surface area contributed by atoms with Crippen LogP contribution in [0.2, 0.25) is 5.02 Å². The van der Waals surface area contributed by atoms with Gasteiger partial charge in [-0.3, -0.25) is 4.79 Å². The molecule has 0 unspecified atom stereocenters. The van der Waals surface area contributed by atoms with Crippen LogP contribution in [0.15, 0.2) is 66.2 Å². The summed E-state index contributed by atoms with van der Waals surface area (Å²) >= 11 is 6.43. The van der Waals surface area contributed by atoms with Crippen molar-refractivity contribution in [3.8, 4) is 23.3 Å². The van der Waals surface area contributed by atoms with E-state index in [9.17, 15) is 14.4 Å². The van der Waals surface area contributed by atoms with E-state index in [0.29, 0.717) is 41.5 Å². The van der Waals surface area contributed by atoms with Gasteiger partial charge in [0.05, 0.1) is 18.2 Å².